The van der Waals surface area contributed by atoms with Gasteiger partial charge in [0.1, 0.15) is 5.69 Å². The highest BCUT2D eigenvalue weighted by molar-refractivity contribution is 5.65. The summed E-state index contributed by atoms with van der Waals surface area (Å²) in [6, 6.07) is 3.43. The van der Waals surface area contributed by atoms with E-state index in [-0.39, 0.29) is 17.1 Å². The molecule has 3 N–H and O–H groups in total. The molecular formula is C14H22N4O7. The Kier molecular flexibility index (Phi) is 10.0. The van der Waals surface area contributed by atoms with Crippen molar-refractivity contribution < 1.29 is 24.1 Å². The molecule has 0 aliphatic heterocycles. The monoisotopic (exact) mass is 358 g/mol. The van der Waals surface area contributed by atoms with Gasteiger partial charge in [-0.15, -0.1) is 0 Å². The lowest BCUT2D eigenvalue weighted by molar-refractivity contribution is -0.393. The van der Waals surface area contributed by atoms with E-state index in [0.29, 0.717) is 52.7 Å². The Morgan fingerprint density at radius 3 is 2.08 bits per heavy atom. The van der Waals surface area contributed by atoms with Gasteiger partial charge in [-0.1, -0.05) is 0 Å². The first-order valence-corrected chi connectivity index (χ1v) is 7.66. The van der Waals surface area contributed by atoms with Gasteiger partial charge in [-0.2, -0.15) is 0 Å². The van der Waals surface area contributed by atoms with Gasteiger partial charge in [-0.25, -0.2) is 0 Å². The van der Waals surface area contributed by atoms with Crippen molar-refractivity contribution in [1.82, 2.24) is 0 Å². The largest absolute Gasteiger partial charge is 0.378 e. The Hall–Kier alpha value is -2.34. The number of ether oxygens (including phenoxy) is 3. The Labute approximate surface area is 144 Å². The molecule has 0 saturated carbocycles. The van der Waals surface area contributed by atoms with E-state index in [1.165, 1.54) is 12.1 Å². The Morgan fingerprint density at radius 2 is 1.52 bits per heavy atom. The number of hydrogen-bond donors (Lipinski definition) is 2. The van der Waals surface area contributed by atoms with Crippen LogP contribution in [-0.2, 0) is 14.2 Å². The predicted octanol–water partition coefficient (Wildman–Crippen LogP) is 0.923. The number of nitro groups is 2. The number of nitrogens with two attached hydrogens (primary N) is 1. The second-order valence-corrected chi connectivity index (χ2v) is 4.77. The zero-order valence-electron chi connectivity index (χ0n) is 13.7. The second kappa shape index (κ2) is 12.1. The molecule has 1 aromatic carbocycles. The molecule has 140 valence electrons. The lowest BCUT2D eigenvalue weighted by atomic mass is 10.2. The highest BCUT2D eigenvalue weighted by Gasteiger charge is 2.18. The fourth-order valence-electron chi connectivity index (χ4n) is 1.82. The van der Waals surface area contributed by atoms with Gasteiger partial charge in [0, 0.05) is 19.2 Å². The number of rotatable bonds is 14. The number of anilines is 1. The highest BCUT2D eigenvalue weighted by atomic mass is 16.6. The molecule has 0 heterocycles. The average molecular weight is 358 g/mol. The fraction of sp³-hybridized carbons (Fsp3) is 0.571. The van der Waals surface area contributed by atoms with Crippen molar-refractivity contribution in [2.24, 2.45) is 5.73 Å². The first-order chi connectivity index (χ1) is 12.1. The number of nitrogens with zero attached hydrogens (tertiary/aromatic N) is 2. The van der Waals surface area contributed by atoms with Gasteiger partial charge in [0.05, 0.1) is 55.6 Å². The smallest absolute Gasteiger partial charge is 0.299 e. The van der Waals surface area contributed by atoms with E-state index in [2.05, 4.69) is 5.32 Å². The van der Waals surface area contributed by atoms with Crippen LogP contribution >= 0.6 is 0 Å². The molecule has 0 aliphatic rings. The molecule has 0 radical (unpaired) electrons. The van der Waals surface area contributed by atoms with Crippen LogP contribution in [0.1, 0.15) is 0 Å². The second-order valence-electron chi connectivity index (χ2n) is 4.77. The van der Waals surface area contributed by atoms with E-state index in [0.717, 1.165) is 6.07 Å². The SMILES string of the molecule is NCCOCCOCCOCCNc1ccc([N+](=O)[O-])cc1[N+](=O)[O-]. The van der Waals surface area contributed by atoms with Crippen molar-refractivity contribution in [3.8, 4) is 0 Å². The molecule has 0 fully saturated rings. The van der Waals surface area contributed by atoms with Crippen LogP contribution in [0.5, 0.6) is 0 Å². The van der Waals surface area contributed by atoms with Crippen molar-refractivity contribution in [3.63, 3.8) is 0 Å². The summed E-state index contributed by atoms with van der Waals surface area (Å²) in [5, 5.41) is 24.5. The van der Waals surface area contributed by atoms with E-state index >= 15 is 0 Å². The van der Waals surface area contributed by atoms with Gasteiger partial charge in [-0.05, 0) is 6.07 Å². The Morgan fingerprint density at radius 1 is 0.920 bits per heavy atom. The quantitative estimate of drug-likeness (QED) is 0.281. The molecule has 11 heteroatoms. The molecule has 0 spiro atoms. The standard InChI is InChI=1S/C14H22N4O7/c15-3-5-23-7-9-25-10-8-24-6-4-16-13-2-1-12(17(19)20)11-14(13)18(21)22/h1-2,11,16H,3-10,15H2. The first-order valence-electron chi connectivity index (χ1n) is 7.66. The molecule has 0 unspecified atom stereocenters. The average Bonchev–Trinajstić information content (AvgIpc) is 2.59. The van der Waals surface area contributed by atoms with Gasteiger partial charge in [-0.3, -0.25) is 20.2 Å². The van der Waals surface area contributed by atoms with Gasteiger partial charge < -0.3 is 25.3 Å². The van der Waals surface area contributed by atoms with Crippen LogP contribution in [0.15, 0.2) is 18.2 Å². The number of nitrogens with one attached hydrogen (secondary N) is 1. The Bertz CT molecular complexity index is 556. The van der Waals surface area contributed by atoms with E-state index in [1.54, 1.807) is 0 Å². The maximum Gasteiger partial charge on any atom is 0.299 e. The van der Waals surface area contributed by atoms with Crippen molar-refractivity contribution in [3.05, 3.63) is 38.4 Å². The molecule has 1 rings (SSSR count). The first kappa shape index (κ1) is 20.7. The normalized spacial score (nSPS) is 10.6. The van der Waals surface area contributed by atoms with Crippen LogP contribution in [0.4, 0.5) is 17.1 Å². The maximum atomic E-state index is 11.0. The minimum atomic E-state index is -0.680. The van der Waals surface area contributed by atoms with Crippen LogP contribution in [-0.4, -0.2) is 62.6 Å². The topological polar surface area (TPSA) is 152 Å². The molecule has 0 amide bonds. The van der Waals surface area contributed by atoms with Gasteiger partial charge >= 0.3 is 0 Å². The van der Waals surface area contributed by atoms with Crippen LogP contribution in [0.3, 0.4) is 0 Å². The fourth-order valence-corrected chi connectivity index (χ4v) is 1.82. The Balaban J connectivity index is 2.21. The molecule has 0 saturated heterocycles. The third kappa shape index (κ3) is 8.35. The summed E-state index contributed by atoms with van der Waals surface area (Å²) >= 11 is 0. The molecule has 0 atom stereocenters. The summed E-state index contributed by atoms with van der Waals surface area (Å²) in [6.07, 6.45) is 0. The lowest BCUT2D eigenvalue weighted by Crippen LogP contribution is -2.15. The van der Waals surface area contributed by atoms with Crippen molar-refractivity contribution >= 4 is 17.1 Å². The number of hydrogen-bond acceptors (Lipinski definition) is 9. The van der Waals surface area contributed by atoms with Crippen molar-refractivity contribution in [1.29, 1.82) is 0 Å². The van der Waals surface area contributed by atoms with Crippen molar-refractivity contribution in [2.75, 3.05) is 58.0 Å². The lowest BCUT2D eigenvalue weighted by Gasteiger charge is -2.08. The summed E-state index contributed by atoms with van der Waals surface area (Å²) in [6.45, 7) is 3.31. The summed E-state index contributed by atoms with van der Waals surface area (Å²) < 4.78 is 15.7. The molecule has 1 aromatic rings. The summed E-state index contributed by atoms with van der Waals surface area (Å²) in [7, 11) is 0. The number of nitro benzene ring substituents is 2. The van der Waals surface area contributed by atoms with Gasteiger partial charge in [0.15, 0.2) is 0 Å². The molecule has 0 aliphatic carbocycles. The van der Waals surface area contributed by atoms with Crippen molar-refractivity contribution in [2.45, 2.75) is 0 Å². The van der Waals surface area contributed by atoms with Gasteiger partial charge in [0.25, 0.3) is 11.4 Å². The predicted molar refractivity (Wildman–Crippen MR) is 89.8 cm³/mol. The molecule has 25 heavy (non-hydrogen) atoms. The van der Waals surface area contributed by atoms with E-state index < -0.39 is 9.85 Å². The zero-order chi connectivity index (χ0) is 18.5. The molecular weight excluding hydrogens is 336 g/mol. The van der Waals surface area contributed by atoms with Crippen LogP contribution in [0.2, 0.25) is 0 Å². The minimum Gasteiger partial charge on any atom is -0.378 e. The van der Waals surface area contributed by atoms with E-state index in [9.17, 15) is 20.2 Å². The van der Waals surface area contributed by atoms with Crippen LogP contribution in [0, 0.1) is 20.2 Å². The molecule has 0 aromatic heterocycles. The van der Waals surface area contributed by atoms with E-state index in [1.807, 2.05) is 0 Å². The van der Waals surface area contributed by atoms with Crippen LogP contribution in [0.25, 0.3) is 0 Å². The minimum absolute atomic E-state index is 0.201. The maximum absolute atomic E-state index is 11.0. The summed E-state index contributed by atoms with van der Waals surface area (Å²) in [5.74, 6) is 0. The van der Waals surface area contributed by atoms with Crippen LogP contribution < -0.4 is 11.1 Å². The highest BCUT2D eigenvalue weighted by Crippen LogP contribution is 2.28. The molecule has 0 bridgehead atoms. The number of non-ortho nitro benzene ring substituents is 1. The summed E-state index contributed by atoms with van der Waals surface area (Å²) in [5.41, 5.74) is 4.78. The molecule has 11 nitrogen and oxygen atoms in total. The third-order valence-electron chi connectivity index (χ3n) is 2.96. The summed E-state index contributed by atoms with van der Waals surface area (Å²) in [4.78, 5) is 20.3. The third-order valence-corrected chi connectivity index (χ3v) is 2.96. The number of benzene rings is 1. The van der Waals surface area contributed by atoms with E-state index in [4.69, 9.17) is 19.9 Å². The zero-order valence-corrected chi connectivity index (χ0v) is 13.7. The van der Waals surface area contributed by atoms with Gasteiger partial charge in [0.2, 0.25) is 0 Å².